The molecule has 0 aliphatic carbocycles. The van der Waals surface area contributed by atoms with Gasteiger partial charge in [-0.25, -0.2) is 0 Å². The zero-order valence-electron chi connectivity index (χ0n) is 14.0. The summed E-state index contributed by atoms with van der Waals surface area (Å²) in [4.78, 5) is 2.15. The van der Waals surface area contributed by atoms with E-state index in [1.807, 2.05) is 42.5 Å². The van der Waals surface area contributed by atoms with Crippen LogP contribution in [0.15, 0.2) is 48.5 Å². The van der Waals surface area contributed by atoms with E-state index in [2.05, 4.69) is 30.4 Å². The Morgan fingerprint density at radius 2 is 1.71 bits per heavy atom. The maximum absolute atomic E-state index is 6.30. The van der Waals surface area contributed by atoms with Gasteiger partial charge in [0.1, 0.15) is 12.4 Å². The summed E-state index contributed by atoms with van der Waals surface area (Å²) < 4.78 is 5.78. The first-order valence-corrected chi connectivity index (χ1v) is 7.83. The number of hydrogen-bond acceptors (Lipinski definition) is 3. The molecule has 0 radical (unpaired) electrons. The van der Waals surface area contributed by atoms with Crippen LogP contribution in [-0.2, 0) is 13.2 Å². The van der Waals surface area contributed by atoms with Crippen molar-refractivity contribution in [2.75, 3.05) is 27.2 Å². The number of ether oxygens (including phenoxy) is 1. The Balaban J connectivity index is 0.00000264. The highest BCUT2D eigenvalue weighted by molar-refractivity contribution is 6.32. The van der Waals surface area contributed by atoms with Gasteiger partial charge in [-0.15, -0.1) is 24.8 Å². The van der Waals surface area contributed by atoms with Crippen molar-refractivity contribution in [3.05, 3.63) is 64.7 Å². The molecule has 0 unspecified atom stereocenters. The van der Waals surface area contributed by atoms with Crippen molar-refractivity contribution < 1.29 is 4.74 Å². The minimum atomic E-state index is 0. The van der Waals surface area contributed by atoms with Crippen LogP contribution in [0.5, 0.6) is 5.75 Å². The Morgan fingerprint density at radius 3 is 2.33 bits per heavy atom. The molecule has 0 amide bonds. The quantitative estimate of drug-likeness (QED) is 0.674. The number of nitrogens with zero attached hydrogens (tertiary/aromatic N) is 1. The molecule has 0 saturated carbocycles. The maximum Gasteiger partial charge on any atom is 0.138 e. The molecular formula is C18H25Cl3N2O. The summed E-state index contributed by atoms with van der Waals surface area (Å²) in [5.41, 5.74) is 2.30. The molecule has 3 nitrogen and oxygen atoms in total. The molecule has 2 rings (SSSR count). The van der Waals surface area contributed by atoms with Crippen LogP contribution in [0.4, 0.5) is 0 Å². The van der Waals surface area contributed by atoms with Gasteiger partial charge < -0.3 is 15.0 Å². The zero-order valence-corrected chi connectivity index (χ0v) is 16.4. The Labute approximate surface area is 162 Å². The monoisotopic (exact) mass is 390 g/mol. The van der Waals surface area contributed by atoms with Crippen LogP contribution in [0.2, 0.25) is 5.02 Å². The lowest BCUT2D eigenvalue weighted by molar-refractivity contribution is 0.306. The van der Waals surface area contributed by atoms with Crippen molar-refractivity contribution in [2.24, 2.45) is 0 Å². The number of nitrogens with one attached hydrogen (secondary N) is 1. The Kier molecular flexibility index (Phi) is 11.9. The molecule has 0 atom stereocenters. The van der Waals surface area contributed by atoms with E-state index in [0.717, 1.165) is 36.5 Å². The predicted molar refractivity (Wildman–Crippen MR) is 107 cm³/mol. The van der Waals surface area contributed by atoms with Gasteiger partial charge in [0.05, 0.1) is 5.02 Å². The van der Waals surface area contributed by atoms with Crippen LogP contribution in [0.3, 0.4) is 0 Å². The lowest BCUT2D eigenvalue weighted by Gasteiger charge is -2.12. The summed E-state index contributed by atoms with van der Waals surface area (Å²) >= 11 is 6.30. The third-order valence-corrected chi connectivity index (χ3v) is 3.59. The van der Waals surface area contributed by atoms with Crippen molar-refractivity contribution in [2.45, 2.75) is 13.2 Å². The van der Waals surface area contributed by atoms with Gasteiger partial charge in [-0.1, -0.05) is 48.0 Å². The molecule has 0 fully saturated rings. The SMILES string of the molecule is CN(C)CCNCc1ccc(OCc2ccccc2)c(Cl)c1.Cl.Cl. The van der Waals surface area contributed by atoms with E-state index < -0.39 is 0 Å². The van der Waals surface area contributed by atoms with Gasteiger partial charge in [-0.2, -0.15) is 0 Å². The Hall–Kier alpha value is -0.970. The second kappa shape index (κ2) is 12.4. The number of rotatable bonds is 8. The number of halogens is 3. The maximum atomic E-state index is 6.30. The van der Waals surface area contributed by atoms with E-state index in [1.54, 1.807) is 0 Å². The van der Waals surface area contributed by atoms with Crippen molar-refractivity contribution in [3.8, 4) is 5.75 Å². The summed E-state index contributed by atoms with van der Waals surface area (Å²) in [5.74, 6) is 0.725. The fourth-order valence-corrected chi connectivity index (χ4v) is 2.30. The van der Waals surface area contributed by atoms with Gasteiger partial charge >= 0.3 is 0 Å². The first-order chi connectivity index (χ1) is 10.6. The molecule has 0 spiro atoms. The topological polar surface area (TPSA) is 24.5 Å². The average Bonchev–Trinajstić information content (AvgIpc) is 2.51. The van der Waals surface area contributed by atoms with Crippen LogP contribution in [0.1, 0.15) is 11.1 Å². The van der Waals surface area contributed by atoms with Crippen molar-refractivity contribution in [3.63, 3.8) is 0 Å². The minimum Gasteiger partial charge on any atom is -0.487 e. The van der Waals surface area contributed by atoms with Gasteiger partial charge in [0.2, 0.25) is 0 Å². The lowest BCUT2D eigenvalue weighted by atomic mass is 10.2. The van der Waals surface area contributed by atoms with Gasteiger partial charge in [-0.05, 0) is 37.4 Å². The van der Waals surface area contributed by atoms with E-state index in [-0.39, 0.29) is 24.8 Å². The highest BCUT2D eigenvalue weighted by atomic mass is 35.5. The Bertz CT molecular complexity index is 580. The van der Waals surface area contributed by atoms with Gasteiger partial charge in [-0.3, -0.25) is 0 Å². The van der Waals surface area contributed by atoms with Gasteiger partial charge in [0.25, 0.3) is 0 Å². The molecule has 1 N–H and O–H groups in total. The summed E-state index contributed by atoms with van der Waals surface area (Å²) in [6.07, 6.45) is 0. The molecule has 0 bridgehead atoms. The van der Waals surface area contributed by atoms with E-state index in [1.165, 1.54) is 0 Å². The summed E-state index contributed by atoms with van der Waals surface area (Å²) in [5, 5.41) is 4.05. The van der Waals surface area contributed by atoms with Crippen molar-refractivity contribution >= 4 is 36.4 Å². The van der Waals surface area contributed by atoms with Gasteiger partial charge in [0.15, 0.2) is 0 Å². The first-order valence-electron chi connectivity index (χ1n) is 7.46. The predicted octanol–water partition coefficient (Wildman–Crippen LogP) is 4.41. The molecular weight excluding hydrogens is 367 g/mol. The Morgan fingerprint density at radius 1 is 1.00 bits per heavy atom. The second-order valence-corrected chi connectivity index (χ2v) is 5.93. The average molecular weight is 392 g/mol. The molecule has 134 valence electrons. The summed E-state index contributed by atoms with van der Waals surface area (Å²) in [7, 11) is 4.13. The van der Waals surface area contributed by atoms with E-state index >= 15 is 0 Å². The molecule has 24 heavy (non-hydrogen) atoms. The van der Waals surface area contributed by atoms with Crippen LogP contribution in [-0.4, -0.2) is 32.1 Å². The molecule has 0 aromatic heterocycles. The molecule has 2 aromatic rings. The third kappa shape index (κ3) is 8.22. The largest absolute Gasteiger partial charge is 0.487 e. The normalized spacial score (nSPS) is 10.0. The summed E-state index contributed by atoms with van der Waals surface area (Å²) in [6, 6.07) is 16.0. The number of likely N-dealkylation sites (N-methyl/N-ethyl adjacent to an activating group) is 1. The first kappa shape index (κ1) is 23.0. The third-order valence-electron chi connectivity index (χ3n) is 3.30. The molecule has 0 heterocycles. The van der Waals surface area contributed by atoms with E-state index in [0.29, 0.717) is 11.6 Å². The highest BCUT2D eigenvalue weighted by Crippen LogP contribution is 2.26. The highest BCUT2D eigenvalue weighted by Gasteiger charge is 2.04. The van der Waals surface area contributed by atoms with Crippen molar-refractivity contribution in [1.29, 1.82) is 0 Å². The standard InChI is InChI=1S/C18H23ClN2O.2ClH/c1-21(2)11-10-20-13-16-8-9-18(17(19)12-16)22-14-15-6-4-3-5-7-15;;/h3-9,12,20H,10-11,13-14H2,1-2H3;2*1H. The fourth-order valence-electron chi connectivity index (χ4n) is 2.04. The van der Waals surface area contributed by atoms with Crippen LogP contribution < -0.4 is 10.1 Å². The lowest BCUT2D eigenvalue weighted by Crippen LogP contribution is -2.26. The van der Waals surface area contributed by atoms with Crippen LogP contribution >= 0.6 is 36.4 Å². The van der Waals surface area contributed by atoms with Crippen molar-refractivity contribution in [1.82, 2.24) is 10.2 Å². The fraction of sp³-hybridized carbons (Fsp3) is 0.333. The van der Waals surface area contributed by atoms with Crippen LogP contribution in [0, 0.1) is 0 Å². The zero-order chi connectivity index (χ0) is 15.8. The molecule has 2 aromatic carbocycles. The molecule has 0 aliphatic heterocycles. The molecule has 0 aliphatic rings. The molecule has 0 saturated heterocycles. The van der Waals surface area contributed by atoms with Gasteiger partial charge in [0, 0.05) is 19.6 Å². The minimum absolute atomic E-state index is 0. The summed E-state index contributed by atoms with van der Waals surface area (Å²) in [6.45, 7) is 3.32. The van der Waals surface area contributed by atoms with Crippen LogP contribution in [0.25, 0.3) is 0 Å². The second-order valence-electron chi connectivity index (χ2n) is 5.52. The van der Waals surface area contributed by atoms with E-state index in [9.17, 15) is 0 Å². The number of hydrogen-bond donors (Lipinski definition) is 1. The molecule has 6 heteroatoms. The smallest absolute Gasteiger partial charge is 0.138 e. The van der Waals surface area contributed by atoms with E-state index in [4.69, 9.17) is 16.3 Å². The number of benzene rings is 2.